The van der Waals surface area contributed by atoms with Crippen molar-refractivity contribution in [2.75, 3.05) is 25.0 Å². The lowest BCUT2D eigenvalue weighted by Crippen LogP contribution is -2.37. The third kappa shape index (κ3) is 3.83. The summed E-state index contributed by atoms with van der Waals surface area (Å²) in [4.78, 5) is 14.8. The Balaban J connectivity index is 1.93. The lowest BCUT2D eigenvalue weighted by atomic mass is 10.1. The van der Waals surface area contributed by atoms with E-state index in [0.717, 1.165) is 36.4 Å². The Morgan fingerprint density at radius 3 is 2.40 bits per heavy atom. The maximum atomic E-state index is 12.4. The highest BCUT2D eigenvalue weighted by molar-refractivity contribution is 5.93. The van der Waals surface area contributed by atoms with Gasteiger partial charge in [-0.3, -0.25) is 4.79 Å². The average molecular weight is 274 g/mol. The zero-order valence-corrected chi connectivity index (χ0v) is 12.9. The second-order valence-corrected chi connectivity index (χ2v) is 6.02. The van der Waals surface area contributed by atoms with Gasteiger partial charge in [0.05, 0.1) is 0 Å². The van der Waals surface area contributed by atoms with Crippen LogP contribution in [0.2, 0.25) is 0 Å². The molecule has 0 bridgehead atoms. The van der Waals surface area contributed by atoms with E-state index in [9.17, 15) is 4.79 Å². The highest BCUT2D eigenvalue weighted by atomic mass is 16.1. The first-order chi connectivity index (χ1) is 9.58. The average Bonchev–Trinajstić information content (AvgIpc) is 2.44. The molecule has 2 rings (SSSR count). The first-order valence-corrected chi connectivity index (χ1v) is 7.67. The summed E-state index contributed by atoms with van der Waals surface area (Å²) in [6.45, 7) is 9.26. The summed E-state index contributed by atoms with van der Waals surface area (Å²) in [5.74, 6) is 0.167. The standard InChI is InChI=1S/C17H26N2O/c1-13-8-7-9-14(2)16(13)18-17(20)15(3)12-19-10-5-4-6-11-19/h7-9,15H,4-6,10-12H2,1-3H3,(H,18,20). The smallest absolute Gasteiger partial charge is 0.228 e. The Bertz CT molecular complexity index is 444. The number of anilines is 1. The molecule has 1 unspecified atom stereocenters. The van der Waals surface area contributed by atoms with Crippen LogP contribution in [0.4, 0.5) is 5.69 Å². The van der Waals surface area contributed by atoms with Crippen LogP contribution in [0.5, 0.6) is 0 Å². The van der Waals surface area contributed by atoms with Gasteiger partial charge in [-0.15, -0.1) is 0 Å². The van der Waals surface area contributed by atoms with E-state index in [1.165, 1.54) is 19.3 Å². The van der Waals surface area contributed by atoms with Gasteiger partial charge in [-0.2, -0.15) is 0 Å². The van der Waals surface area contributed by atoms with Gasteiger partial charge in [-0.1, -0.05) is 31.5 Å². The zero-order valence-electron chi connectivity index (χ0n) is 12.9. The minimum atomic E-state index is 0.0344. The van der Waals surface area contributed by atoms with Crippen LogP contribution in [-0.4, -0.2) is 30.4 Å². The molecule has 1 heterocycles. The molecule has 0 saturated carbocycles. The minimum absolute atomic E-state index is 0.0344. The van der Waals surface area contributed by atoms with Crippen LogP contribution >= 0.6 is 0 Å². The third-order valence-corrected chi connectivity index (χ3v) is 4.16. The zero-order chi connectivity index (χ0) is 14.5. The van der Waals surface area contributed by atoms with Crippen molar-refractivity contribution in [2.45, 2.75) is 40.0 Å². The molecule has 3 heteroatoms. The number of piperidine rings is 1. The molecule has 1 N–H and O–H groups in total. The van der Waals surface area contributed by atoms with Gasteiger partial charge in [0, 0.05) is 18.2 Å². The van der Waals surface area contributed by atoms with Crippen molar-refractivity contribution in [2.24, 2.45) is 5.92 Å². The maximum absolute atomic E-state index is 12.4. The van der Waals surface area contributed by atoms with Crippen molar-refractivity contribution in [1.29, 1.82) is 0 Å². The lowest BCUT2D eigenvalue weighted by molar-refractivity contribution is -0.120. The molecule has 1 aliphatic rings. The number of amides is 1. The summed E-state index contributed by atoms with van der Waals surface area (Å²) in [7, 11) is 0. The van der Waals surface area contributed by atoms with Crippen molar-refractivity contribution in [3.05, 3.63) is 29.3 Å². The highest BCUT2D eigenvalue weighted by Crippen LogP contribution is 2.20. The number of likely N-dealkylation sites (tertiary alicyclic amines) is 1. The van der Waals surface area contributed by atoms with Crippen LogP contribution in [0, 0.1) is 19.8 Å². The largest absolute Gasteiger partial charge is 0.325 e. The SMILES string of the molecule is Cc1cccc(C)c1NC(=O)C(C)CN1CCCCC1. The van der Waals surface area contributed by atoms with Gasteiger partial charge in [0.25, 0.3) is 0 Å². The predicted octanol–water partition coefficient (Wildman–Crippen LogP) is 3.36. The highest BCUT2D eigenvalue weighted by Gasteiger charge is 2.19. The lowest BCUT2D eigenvalue weighted by Gasteiger charge is -2.28. The summed E-state index contributed by atoms with van der Waals surface area (Å²) in [6, 6.07) is 6.10. The summed E-state index contributed by atoms with van der Waals surface area (Å²) in [6.07, 6.45) is 3.87. The van der Waals surface area contributed by atoms with Gasteiger partial charge in [0.1, 0.15) is 0 Å². The molecule has 0 aliphatic carbocycles. The Morgan fingerprint density at radius 2 is 1.80 bits per heavy atom. The van der Waals surface area contributed by atoms with Gasteiger partial charge in [0.15, 0.2) is 0 Å². The number of rotatable bonds is 4. The first kappa shape index (κ1) is 15.0. The summed E-state index contributed by atoms with van der Waals surface area (Å²) in [5.41, 5.74) is 3.23. The Morgan fingerprint density at radius 1 is 1.20 bits per heavy atom. The van der Waals surface area contributed by atoms with Gasteiger partial charge in [-0.05, 0) is 50.9 Å². The van der Waals surface area contributed by atoms with Gasteiger partial charge >= 0.3 is 0 Å². The monoisotopic (exact) mass is 274 g/mol. The number of para-hydroxylation sites is 1. The van der Waals surface area contributed by atoms with Gasteiger partial charge < -0.3 is 10.2 Å². The molecule has 0 radical (unpaired) electrons. The Labute approximate surface area is 122 Å². The van der Waals surface area contributed by atoms with Gasteiger partial charge in [0.2, 0.25) is 5.91 Å². The molecular formula is C17H26N2O. The summed E-state index contributed by atoms with van der Waals surface area (Å²) >= 11 is 0. The van der Waals surface area contributed by atoms with Crippen LogP contribution in [0.1, 0.15) is 37.3 Å². The van der Waals surface area contributed by atoms with Crippen molar-refractivity contribution in [3.63, 3.8) is 0 Å². The fourth-order valence-electron chi connectivity index (χ4n) is 2.87. The molecule has 1 aromatic rings. The number of benzene rings is 1. The van der Waals surface area contributed by atoms with E-state index in [1.54, 1.807) is 0 Å². The van der Waals surface area contributed by atoms with Crippen molar-refractivity contribution >= 4 is 11.6 Å². The molecule has 1 saturated heterocycles. The molecule has 110 valence electrons. The molecule has 3 nitrogen and oxygen atoms in total. The van der Waals surface area contributed by atoms with Crippen molar-refractivity contribution < 1.29 is 4.79 Å². The molecular weight excluding hydrogens is 248 g/mol. The van der Waals surface area contributed by atoms with Gasteiger partial charge in [-0.25, -0.2) is 0 Å². The van der Waals surface area contributed by atoms with Crippen LogP contribution in [0.3, 0.4) is 0 Å². The summed E-state index contributed by atoms with van der Waals surface area (Å²) < 4.78 is 0. The summed E-state index contributed by atoms with van der Waals surface area (Å²) in [5, 5.41) is 3.10. The molecule has 1 amide bonds. The molecule has 0 spiro atoms. The van der Waals surface area contributed by atoms with E-state index in [0.29, 0.717) is 0 Å². The quantitative estimate of drug-likeness (QED) is 0.913. The van der Waals surface area contributed by atoms with Crippen LogP contribution < -0.4 is 5.32 Å². The molecule has 1 fully saturated rings. The molecule has 1 atom stereocenters. The Kier molecular flexibility index (Phi) is 5.18. The van der Waals surface area contributed by atoms with E-state index < -0.39 is 0 Å². The predicted molar refractivity (Wildman–Crippen MR) is 84.0 cm³/mol. The molecule has 1 aliphatic heterocycles. The van der Waals surface area contributed by atoms with E-state index >= 15 is 0 Å². The van der Waals surface area contributed by atoms with Crippen molar-refractivity contribution in [1.82, 2.24) is 4.90 Å². The number of aryl methyl sites for hydroxylation is 2. The minimum Gasteiger partial charge on any atom is -0.325 e. The van der Waals surface area contributed by atoms with Crippen LogP contribution in [-0.2, 0) is 4.79 Å². The van der Waals surface area contributed by atoms with E-state index in [-0.39, 0.29) is 11.8 Å². The topological polar surface area (TPSA) is 32.3 Å². The van der Waals surface area contributed by atoms with Crippen molar-refractivity contribution in [3.8, 4) is 0 Å². The maximum Gasteiger partial charge on any atom is 0.228 e. The first-order valence-electron chi connectivity index (χ1n) is 7.67. The number of hydrogen-bond acceptors (Lipinski definition) is 2. The number of carbonyl (C=O) groups excluding carboxylic acids is 1. The normalized spacial score (nSPS) is 17.8. The van der Waals surface area contributed by atoms with E-state index in [1.807, 2.05) is 39.0 Å². The molecule has 1 aromatic carbocycles. The Hall–Kier alpha value is -1.35. The third-order valence-electron chi connectivity index (χ3n) is 4.16. The fraction of sp³-hybridized carbons (Fsp3) is 0.588. The second kappa shape index (κ2) is 6.89. The number of hydrogen-bond donors (Lipinski definition) is 1. The molecule has 0 aromatic heterocycles. The number of nitrogens with one attached hydrogen (secondary N) is 1. The number of nitrogens with zero attached hydrogens (tertiary/aromatic N) is 1. The fourth-order valence-corrected chi connectivity index (χ4v) is 2.87. The molecule has 20 heavy (non-hydrogen) atoms. The number of carbonyl (C=O) groups is 1. The van der Waals surface area contributed by atoms with E-state index in [2.05, 4.69) is 10.2 Å². The second-order valence-electron chi connectivity index (χ2n) is 6.02. The van der Waals surface area contributed by atoms with Crippen LogP contribution in [0.15, 0.2) is 18.2 Å². The van der Waals surface area contributed by atoms with E-state index in [4.69, 9.17) is 0 Å². The van der Waals surface area contributed by atoms with Crippen LogP contribution in [0.25, 0.3) is 0 Å².